The van der Waals surface area contributed by atoms with E-state index in [1.807, 2.05) is 0 Å². The average molecular weight is 192 g/mol. The largest absolute Gasteiger partial charge is 0.298 e. The molecule has 1 aliphatic heterocycles. The van der Waals surface area contributed by atoms with Crippen molar-refractivity contribution in [1.82, 2.24) is 4.90 Å². The maximum Gasteiger partial charge on any atom is 0.0622 e. The van der Waals surface area contributed by atoms with Gasteiger partial charge in [-0.25, -0.2) is 0 Å². The first-order chi connectivity index (χ1) is 6.87. The molecule has 0 N–H and O–H groups in total. The van der Waals surface area contributed by atoms with Gasteiger partial charge < -0.3 is 0 Å². The summed E-state index contributed by atoms with van der Waals surface area (Å²) in [5, 5.41) is 8.53. The highest BCUT2D eigenvalue weighted by Gasteiger charge is 2.42. The zero-order valence-corrected chi connectivity index (χ0v) is 8.97. The van der Waals surface area contributed by atoms with Crippen molar-refractivity contribution in [3.8, 4) is 6.07 Å². The van der Waals surface area contributed by atoms with Crippen molar-refractivity contribution >= 4 is 0 Å². The maximum atomic E-state index is 8.53. The summed E-state index contributed by atoms with van der Waals surface area (Å²) in [5.41, 5.74) is 0.579. The molecule has 0 bridgehead atoms. The molecule has 1 saturated heterocycles. The molecule has 0 aromatic heterocycles. The Morgan fingerprint density at radius 3 is 2.57 bits per heavy atom. The molecule has 0 unspecified atom stereocenters. The lowest BCUT2D eigenvalue weighted by molar-refractivity contribution is 0.142. The van der Waals surface area contributed by atoms with Crippen molar-refractivity contribution in [2.24, 2.45) is 0 Å². The van der Waals surface area contributed by atoms with Crippen LogP contribution in [0.5, 0.6) is 0 Å². The predicted octanol–water partition coefficient (Wildman–Crippen LogP) is 2.70. The fourth-order valence-electron chi connectivity index (χ4n) is 3.29. The predicted molar refractivity (Wildman–Crippen MR) is 56.9 cm³/mol. The first-order valence-electron chi connectivity index (χ1n) is 5.99. The van der Waals surface area contributed by atoms with E-state index in [1.54, 1.807) is 0 Å². The van der Waals surface area contributed by atoms with Gasteiger partial charge in [-0.2, -0.15) is 5.26 Å². The molecule has 2 nitrogen and oxygen atoms in total. The summed E-state index contributed by atoms with van der Waals surface area (Å²) < 4.78 is 0. The Hall–Kier alpha value is -0.550. The van der Waals surface area contributed by atoms with Crippen LogP contribution in [-0.4, -0.2) is 23.5 Å². The van der Waals surface area contributed by atoms with Gasteiger partial charge in [0.15, 0.2) is 0 Å². The molecule has 0 aromatic rings. The smallest absolute Gasteiger partial charge is 0.0622 e. The van der Waals surface area contributed by atoms with Gasteiger partial charge in [-0.1, -0.05) is 12.8 Å². The minimum atomic E-state index is 0.579. The van der Waals surface area contributed by atoms with Gasteiger partial charge in [-0.3, -0.25) is 4.90 Å². The molecule has 14 heavy (non-hydrogen) atoms. The number of likely N-dealkylation sites (tertiary alicyclic amines) is 1. The van der Waals surface area contributed by atoms with E-state index >= 15 is 0 Å². The van der Waals surface area contributed by atoms with Gasteiger partial charge in [0.25, 0.3) is 0 Å². The molecule has 1 aliphatic carbocycles. The minimum Gasteiger partial charge on any atom is -0.298 e. The third-order valence-corrected chi connectivity index (χ3v) is 3.99. The molecule has 0 amide bonds. The maximum absolute atomic E-state index is 8.53. The second-order valence-corrected chi connectivity index (χ2v) is 4.78. The molecule has 2 heteroatoms. The van der Waals surface area contributed by atoms with Crippen LogP contribution < -0.4 is 0 Å². The van der Waals surface area contributed by atoms with Crippen molar-refractivity contribution < 1.29 is 0 Å². The van der Waals surface area contributed by atoms with E-state index in [1.165, 1.54) is 45.1 Å². The SMILES string of the molecule is N#CCCCN1CCCC12CCCC2. The molecule has 0 aromatic carbocycles. The van der Waals surface area contributed by atoms with Crippen molar-refractivity contribution in [2.45, 2.75) is 56.9 Å². The van der Waals surface area contributed by atoms with Crippen LogP contribution in [0.15, 0.2) is 0 Å². The van der Waals surface area contributed by atoms with Crippen LogP contribution in [0.4, 0.5) is 0 Å². The number of nitrogens with zero attached hydrogens (tertiary/aromatic N) is 2. The Labute approximate surface area is 86.9 Å². The molecular formula is C12H20N2. The normalized spacial score (nSPS) is 25.6. The number of nitriles is 1. The fraction of sp³-hybridized carbons (Fsp3) is 0.917. The van der Waals surface area contributed by atoms with Gasteiger partial charge in [-0.05, 0) is 45.2 Å². The van der Waals surface area contributed by atoms with Gasteiger partial charge >= 0.3 is 0 Å². The first kappa shape index (κ1) is 9.98. The van der Waals surface area contributed by atoms with Crippen molar-refractivity contribution in [3.63, 3.8) is 0 Å². The van der Waals surface area contributed by atoms with E-state index in [9.17, 15) is 0 Å². The molecule has 1 spiro atoms. The molecule has 0 radical (unpaired) electrons. The molecule has 2 fully saturated rings. The van der Waals surface area contributed by atoms with Crippen LogP contribution in [0.25, 0.3) is 0 Å². The number of unbranched alkanes of at least 4 members (excludes halogenated alkanes) is 1. The fourth-order valence-corrected chi connectivity index (χ4v) is 3.29. The van der Waals surface area contributed by atoms with Gasteiger partial charge in [0.1, 0.15) is 0 Å². The van der Waals surface area contributed by atoms with Crippen LogP contribution in [0, 0.1) is 11.3 Å². The first-order valence-corrected chi connectivity index (χ1v) is 5.99. The summed E-state index contributed by atoms with van der Waals surface area (Å²) in [6.07, 6.45) is 10.3. The Kier molecular flexibility index (Phi) is 3.08. The van der Waals surface area contributed by atoms with Gasteiger partial charge in [0, 0.05) is 12.0 Å². The second-order valence-electron chi connectivity index (χ2n) is 4.78. The van der Waals surface area contributed by atoms with E-state index < -0.39 is 0 Å². The van der Waals surface area contributed by atoms with Gasteiger partial charge in [-0.15, -0.1) is 0 Å². The highest BCUT2D eigenvalue weighted by molar-refractivity contribution is 4.98. The molecule has 1 saturated carbocycles. The van der Waals surface area contributed by atoms with E-state index in [0.717, 1.165) is 19.4 Å². The summed E-state index contributed by atoms with van der Waals surface area (Å²) in [4.78, 5) is 2.68. The third kappa shape index (κ3) is 1.79. The Balaban J connectivity index is 1.87. The molecule has 2 aliphatic rings. The zero-order valence-electron chi connectivity index (χ0n) is 8.97. The lowest BCUT2D eigenvalue weighted by Gasteiger charge is -2.35. The Morgan fingerprint density at radius 1 is 1.14 bits per heavy atom. The molecule has 2 rings (SSSR count). The van der Waals surface area contributed by atoms with Crippen LogP contribution >= 0.6 is 0 Å². The Morgan fingerprint density at radius 2 is 1.86 bits per heavy atom. The Bertz CT molecular complexity index is 217. The summed E-state index contributed by atoms with van der Waals surface area (Å²) in [6, 6.07) is 2.24. The van der Waals surface area contributed by atoms with Crippen molar-refractivity contribution in [1.29, 1.82) is 5.26 Å². The van der Waals surface area contributed by atoms with Crippen LogP contribution in [0.2, 0.25) is 0 Å². The van der Waals surface area contributed by atoms with Crippen molar-refractivity contribution in [2.75, 3.05) is 13.1 Å². The van der Waals surface area contributed by atoms with Gasteiger partial charge in [0.2, 0.25) is 0 Å². The topological polar surface area (TPSA) is 27.0 Å². The third-order valence-electron chi connectivity index (χ3n) is 3.99. The quantitative estimate of drug-likeness (QED) is 0.643. The van der Waals surface area contributed by atoms with Crippen molar-refractivity contribution in [3.05, 3.63) is 0 Å². The number of rotatable bonds is 3. The highest BCUT2D eigenvalue weighted by atomic mass is 15.2. The van der Waals surface area contributed by atoms with Crippen LogP contribution in [-0.2, 0) is 0 Å². The average Bonchev–Trinajstić information content (AvgIpc) is 2.80. The standard InChI is InChI=1S/C12H20N2/c13-9-3-4-10-14-11-5-8-12(14)6-1-2-7-12/h1-8,10-11H2. The second kappa shape index (κ2) is 4.31. The van der Waals surface area contributed by atoms with E-state index in [4.69, 9.17) is 5.26 Å². The molecular weight excluding hydrogens is 172 g/mol. The zero-order chi connectivity index (χ0) is 9.86. The summed E-state index contributed by atoms with van der Waals surface area (Å²) >= 11 is 0. The van der Waals surface area contributed by atoms with E-state index in [0.29, 0.717) is 5.54 Å². The minimum absolute atomic E-state index is 0.579. The molecule has 0 atom stereocenters. The summed E-state index contributed by atoms with van der Waals surface area (Å²) in [5.74, 6) is 0. The summed E-state index contributed by atoms with van der Waals surface area (Å²) in [7, 11) is 0. The van der Waals surface area contributed by atoms with Crippen LogP contribution in [0.1, 0.15) is 51.4 Å². The molecule has 1 heterocycles. The number of hydrogen-bond donors (Lipinski definition) is 0. The molecule has 78 valence electrons. The summed E-state index contributed by atoms with van der Waals surface area (Å²) in [6.45, 7) is 2.44. The van der Waals surface area contributed by atoms with Crippen LogP contribution in [0.3, 0.4) is 0 Å². The highest BCUT2D eigenvalue weighted by Crippen LogP contribution is 2.42. The number of hydrogen-bond acceptors (Lipinski definition) is 2. The van der Waals surface area contributed by atoms with E-state index in [2.05, 4.69) is 11.0 Å². The van der Waals surface area contributed by atoms with E-state index in [-0.39, 0.29) is 0 Å². The van der Waals surface area contributed by atoms with Gasteiger partial charge in [0.05, 0.1) is 6.07 Å². The monoisotopic (exact) mass is 192 g/mol. The lowest BCUT2D eigenvalue weighted by Crippen LogP contribution is -2.41. The lowest BCUT2D eigenvalue weighted by atomic mass is 9.94.